The topological polar surface area (TPSA) is 54.0 Å². The fourth-order valence-electron chi connectivity index (χ4n) is 3.68. The Kier molecular flexibility index (Phi) is 5.58. The lowest BCUT2D eigenvalue weighted by Gasteiger charge is -2.32. The van der Waals surface area contributed by atoms with E-state index in [0.29, 0.717) is 24.0 Å². The van der Waals surface area contributed by atoms with Crippen LogP contribution in [0.5, 0.6) is 11.5 Å². The van der Waals surface area contributed by atoms with Crippen molar-refractivity contribution in [1.82, 2.24) is 15.1 Å². The van der Waals surface area contributed by atoms with Crippen LogP contribution in [0.2, 0.25) is 0 Å². The number of ether oxygens (including phenoxy) is 2. The summed E-state index contributed by atoms with van der Waals surface area (Å²) in [7, 11) is 3.25. The van der Waals surface area contributed by atoms with Crippen LogP contribution >= 0.6 is 0 Å². The molecular weight excluding hydrogens is 306 g/mol. The molecule has 6 heteroatoms. The van der Waals surface area contributed by atoms with Crippen molar-refractivity contribution in [3.63, 3.8) is 0 Å². The maximum absolute atomic E-state index is 12.8. The third-order valence-corrected chi connectivity index (χ3v) is 5.04. The van der Waals surface area contributed by atoms with Crippen LogP contribution < -0.4 is 14.8 Å². The molecule has 1 unspecified atom stereocenters. The second-order valence-corrected chi connectivity index (χ2v) is 6.39. The van der Waals surface area contributed by atoms with Crippen LogP contribution in [0.1, 0.15) is 12.0 Å². The van der Waals surface area contributed by atoms with Crippen molar-refractivity contribution in [2.75, 3.05) is 53.5 Å². The third kappa shape index (κ3) is 3.65. The van der Waals surface area contributed by atoms with E-state index >= 15 is 0 Å². The highest BCUT2D eigenvalue weighted by molar-refractivity contribution is 5.80. The van der Waals surface area contributed by atoms with E-state index in [-0.39, 0.29) is 5.91 Å². The predicted octanol–water partition coefficient (Wildman–Crippen LogP) is 0.752. The molecule has 1 aromatic rings. The molecule has 0 aliphatic carbocycles. The highest BCUT2D eigenvalue weighted by Crippen LogP contribution is 2.29. The average Bonchev–Trinajstić information content (AvgIpc) is 3.13. The number of carbonyl (C=O) groups excluding carboxylic acids is 1. The van der Waals surface area contributed by atoms with Gasteiger partial charge in [0.15, 0.2) is 0 Å². The number of nitrogens with zero attached hydrogens (tertiary/aromatic N) is 2. The molecule has 2 fully saturated rings. The maximum atomic E-state index is 12.8. The molecule has 0 saturated carbocycles. The number of amides is 1. The Labute approximate surface area is 143 Å². The zero-order valence-electron chi connectivity index (χ0n) is 14.6. The summed E-state index contributed by atoms with van der Waals surface area (Å²) >= 11 is 0. The lowest BCUT2D eigenvalue weighted by Crippen LogP contribution is -2.49. The molecule has 0 bridgehead atoms. The summed E-state index contributed by atoms with van der Waals surface area (Å²) in [5.74, 6) is 1.57. The molecule has 132 valence electrons. The Balaban J connectivity index is 1.64. The fraction of sp³-hybridized carbons (Fsp3) is 0.611. The van der Waals surface area contributed by atoms with Crippen molar-refractivity contribution in [3.8, 4) is 11.5 Å². The van der Waals surface area contributed by atoms with Crippen molar-refractivity contribution in [2.24, 2.45) is 0 Å². The number of nitrogens with one attached hydrogen (secondary N) is 1. The quantitative estimate of drug-likeness (QED) is 0.862. The monoisotopic (exact) mass is 333 g/mol. The SMILES string of the molecule is COc1cccc(OC)c1CC(=O)N1CCC(N2CCNCC2)C1. The van der Waals surface area contributed by atoms with E-state index in [1.165, 1.54) is 0 Å². The molecule has 2 saturated heterocycles. The molecule has 6 nitrogen and oxygen atoms in total. The van der Waals surface area contributed by atoms with E-state index in [2.05, 4.69) is 10.2 Å². The first-order chi connectivity index (χ1) is 11.7. The largest absolute Gasteiger partial charge is 0.496 e. The molecule has 0 spiro atoms. The van der Waals surface area contributed by atoms with Crippen LogP contribution in [-0.2, 0) is 11.2 Å². The van der Waals surface area contributed by atoms with Crippen molar-refractivity contribution in [3.05, 3.63) is 23.8 Å². The Morgan fingerprint density at radius 3 is 2.46 bits per heavy atom. The summed E-state index contributed by atoms with van der Waals surface area (Å²) in [5, 5.41) is 3.38. The van der Waals surface area contributed by atoms with Crippen LogP contribution in [-0.4, -0.2) is 75.2 Å². The predicted molar refractivity (Wildman–Crippen MR) is 92.7 cm³/mol. The highest BCUT2D eigenvalue weighted by atomic mass is 16.5. The number of piperazine rings is 1. The van der Waals surface area contributed by atoms with Crippen LogP contribution in [0, 0.1) is 0 Å². The number of rotatable bonds is 5. The van der Waals surface area contributed by atoms with Gasteiger partial charge in [-0.25, -0.2) is 0 Å². The number of methoxy groups -OCH3 is 2. The van der Waals surface area contributed by atoms with Crippen molar-refractivity contribution >= 4 is 5.91 Å². The standard InChI is InChI=1S/C18H27N3O3/c1-23-16-4-3-5-17(24-2)15(16)12-18(22)21-9-6-14(13-21)20-10-7-19-8-11-20/h3-5,14,19H,6-13H2,1-2H3. The molecule has 0 aromatic heterocycles. The minimum absolute atomic E-state index is 0.149. The molecule has 1 amide bonds. The normalized spacial score (nSPS) is 21.8. The van der Waals surface area contributed by atoms with Crippen LogP contribution in [0.4, 0.5) is 0 Å². The number of carbonyl (C=O) groups is 1. The average molecular weight is 333 g/mol. The van der Waals surface area contributed by atoms with Gasteiger partial charge in [-0.05, 0) is 18.6 Å². The summed E-state index contributed by atoms with van der Waals surface area (Å²) in [5.41, 5.74) is 0.832. The zero-order chi connectivity index (χ0) is 16.9. The first-order valence-electron chi connectivity index (χ1n) is 8.65. The summed E-state index contributed by atoms with van der Waals surface area (Å²) < 4.78 is 10.8. The Morgan fingerprint density at radius 2 is 1.83 bits per heavy atom. The van der Waals surface area contributed by atoms with Gasteiger partial charge in [-0.3, -0.25) is 9.69 Å². The third-order valence-electron chi connectivity index (χ3n) is 5.04. The molecule has 0 radical (unpaired) electrons. The van der Waals surface area contributed by atoms with Crippen LogP contribution in [0.25, 0.3) is 0 Å². The van der Waals surface area contributed by atoms with Gasteiger partial charge in [-0.1, -0.05) is 6.07 Å². The molecule has 2 aliphatic rings. The number of hydrogen-bond acceptors (Lipinski definition) is 5. The van der Waals surface area contributed by atoms with E-state index in [4.69, 9.17) is 9.47 Å². The molecule has 24 heavy (non-hydrogen) atoms. The first kappa shape index (κ1) is 17.0. The van der Waals surface area contributed by atoms with E-state index in [9.17, 15) is 4.79 Å². The summed E-state index contributed by atoms with van der Waals surface area (Å²) in [4.78, 5) is 17.3. The van der Waals surface area contributed by atoms with Gasteiger partial charge in [0.2, 0.25) is 5.91 Å². The van der Waals surface area contributed by atoms with E-state index < -0.39 is 0 Å². The molecule has 1 aromatic carbocycles. The van der Waals surface area contributed by atoms with Crippen molar-refractivity contribution in [2.45, 2.75) is 18.9 Å². The van der Waals surface area contributed by atoms with Gasteiger partial charge in [-0.15, -0.1) is 0 Å². The lowest BCUT2D eigenvalue weighted by molar-refractivity contribution is -0.129. The zero-order valence-corrected chi connectivity index (χ0v) is 14.6. The number of benzene rings is 1. The summed E-state index contributed by atoms with van der Waals surface area (Å²) in [6, 6.07) is 6.12. The van der Waals surface area contributed by atoms with Gasteiger partial charge in [0.1, 0.15) is 11.5 Å². The van der Waals surface area contributed by atoms with Crippen molar-refractivity contribution in [1.29, 1.82) is 0 Å². The first-order valence-corrected chi connectivity index (χ1v) is 8.65. The second-order valence-electron chi connectivity index (χ2n) is 6.39. The van der Waals surface area contributed by atoms with Crippen LogP contribution in [0.3, 0.4) is 0 Å². The van der Waals surface area contributed by atoms with Gasteiger partial charge in [0.05, 0.1) is 20.6 Å². The van der Waals surface area contributed by atoms with Gasteiger partial charge in [0.25, 0.3) is 0 Å². The van der Waals surface area contributed by atoms with Crippen LogP contribution in [0.15, 0.2) is 18.2 Å². The Bertz CT molecular complexity index is 550. The minimum Gasteiger partial charge on any atom is -0.496 e. The van der Waals surface area contributed by atoms with E-state index in [1.807, 2.05) is 23.1 Å². The summed E-state index contributed by atoms with van der Waals surface area (Å²) in [6.07, 6.45) is 1.39. The molecule has 2 heterocycles. The molecular formula is C18H27N3O3. The fourth-order valence-corrected chi connectivity index (χ4v) is 3.68. The van der Waals surface area contributed by atoms with Gasteiger partial charge >= 0.3 is 0 Å². The maximum Gasteiger partial charge on any atom is 0.227 e. The smallest absolute Gasteiger partial charge is 0.227 e. The van der Waals surface area contributed by atoms with Gasteiger partial charge < -0.3 is 19.7 Å². The van der Waals surface area contributed by atoms with Gasteiger partial charge in [0, 0.05) is 50.9 Å². The lowest BCUT2D eigenvalue weighted by atomic mass is 10.1. The number of hydrogen-bond donors (Lipinski definition) is 1. The van der Waals surface area contributed by atoms with Gasteiger partial charge in [-0.2, -0.15) is 0 Å². The van der Waals surface area contributed by atoms with E-state index in [0.717, 1.165) is 51.3 Å². The molecule has 2 aliphatic heterocycles. The Hall–Kier alpha value is -1.79. The molecule has 1 atom stereocenters. The molecule has 1 N–H and O–H groups in total. The summed E-state index contributed by atoms with van der Waals surface area (Å²) in [6.45, 7) is 5.91. The number of likely N-dealkylation sites (tertiary alicyclic amines) is 1. The second kappa shape index (κ2) is 7.85. The Morgan fingerprint density at radius 1 is 1.17 bits per heavy atom. The minimum atomic E-state index is 0.149. The highest BCUT2D eigenvalue weighted by Gasteiger charge is 2.31. The van der Waals surface area contributed by atoms with Crippen molar-refractivity contribution < 1.29 is 14.3 Å². The van der Waals surface area contributed by atoms with E-state index in [1.54, 1.807) is 14.2 Å². The molecule has 3 rings (SSSR count).